The van der Waals surface area contributed by atoms with E-state index < -0.39 is 0 Å². The standard InChI is InChI=1S/C26H27FN6/c27-20-8-4-7-19(17-20)22-10-6-16-32(22)26-13-12-24-28-18-23(33(24)30-26)21-9-5-11-25(29-21)31-14-2-1-3-15-31/h4-5,7-9,11-13,17-18,22H,1-3,6,10,14-16H2/t22-/m1/s1. The fraction of sp³-hybridized carbons (Fsp3) is 0.346. The van der Waals surface area contributed by atoms with Crippen molar-refractivity contribution >= 4 is 17.3 Å². The predicted octanol–water partition coefficient (Wildman–Crippen LogP) is 5.26. The number of hydrogen-bond acceptors (Lipinski definition) is 5. The summed E-state index contributed by atoms with van der Waals surface area (Å²) >= 11 is 0. The summed E-state index contributed by atoms with van der Waals surface area (Å²) < 4.78 is 15.8. The Balaban J connectivity index is 1.36. The Kier molecular flexibility index (Phi) is 5.17. The molecule has 0 saturated carbocycles. The maximum absolute atomic E-state index is 13.9. The molecule has 6 rings (SSSR count). The number of imidazole rings is 1. The maximum Gasteiger partial charge on any atom is 0.154 e. The molecule has 1 atom stereocenters. The van der Waals surface area contributed by atoms with Crippen molar-refractivity contribution in [2.45, 2.75) is 38.1 Å². The van der Waals surface area contributed by atoms with Crippen molar-refractivity contribution in [3.8, 4) is 11.4 Å². The zero-order valence-electron chi connectivity index (χ0n) is 18.6. The second kappa shape index (κ2) is 8.46. The first-order valence-corrected chi connectivity index (χ1v) is 11.9. The highest BCUT2D eigenvalue weighted by molar-refractivity contribution is 5.62. The lowest BCUT2D eigenvalue weighted by Crippen LogP contribution is -2.30. The van der Waals surface area contributed by atoms with Crippen molar-refractivity contribution in [1.82, 2.24) is 19.6 Å². The molecule has 0 spiro atoms. The SMILES string of the molecule is Fc1cccc([C@H]2CCCN2c2ccc3ncc(-c4cccc(N5CCCCC5)n4)n3n2)c1. The normalized spacial score (nSPS) is 18.9. The highest BCUT2D eigenvalue weighted by Crippen LogP contribution is 2.35. The predicted molar refractivity (Wildman–Crippen MR) is 128 cm³/mol. The van der Waals surface area contributed by atoms with Gasteiger partial charge in [-0.1, -0.05) is 18.2 Å². The molecular formula is C26H27FN6. The van der Waals surface area contributed by atoms with Gasteiger partial charge < -0.3 is 9.80 Å². The first-order valence-electron chi connectivity index (χ1n) is 11.9. The number of benzene rings is 1. The number of rotatable bonds is 4. The molecule has 0 unspecified atom stereocenters. The van der Waals surface area contributed by atoms with Crippen molar-refractivity contribution in [3.05, 3.63) is 72.2 Å². The van der Waals surface area contributed by atoms with Crippen LogP contribution in [0, 0.1) is 5.82 Å². The Morgan fingerprint density at radius 3 is 2.61 bits per heavy atom. The van der Waals surface area contributed by atoms with Crippen LogP contribution in [-0.4, -0.2) is 39.2 Å². The maximum atomic E-state index is 13.9. The highest BCUT2D eigenvalue weighted by Gasteiger charge is 2.28. The number of pyridine rings is 1. The Bertz CT molecular complexity index is 1280. The van der Waals surface area contributed by atoms with Crippen LogP contribution in [0.1, 0.15) is 43.7 Å². The van der Waals surface area contributed by atoms with Crippen molar-refractivity contribution < 1.29 is 4.39 Å². The number of hydrogen-bond donors (Lipinski definition) is 0. The summed E-state index contributed by atoms with van der Waals surface area (Å²) in [7, 11) is 0. The third kappa shape index (κ3) is 3.81. The lowest BCUT2D eigenvalue weighted by molar-refractivity contribution is 0.573. The lowest BCUT2D eigenvalue weighted by Gasteiger charge is -2.28. The molecule has 0 N–H and O–H groups in total. The summed E-state index contributed by atoms with van der Waals surface area (Å²) in [6.45, 7) is 3.01. The van der Waals surface area contributed by atoms with Gasteiger partial charge in [-0.25, -0.2) is 18.9 Å². The van der Waals surface area contributed by atoms with E-state index in [0.717, 1.165) is 66.7 Å². The number of aromatic nitrogens is 4. The summed E-state index contributed by atoms with van der Waals surface area (Å²) in [5.41, 5.74) is 3.54. The Labute approximate surface area is 192 Å². The summed E-state index contributed by atoms with van der Waals surface area (Å²) in [6, 6.07) is 17.2. The molecule has 7 heteroatoms. The van der Waals surface area contributed by atoms with E-state index in [-0.39, 0.29) is 11.9 Å². The molecule has 168 valence electrons. The number of nitrogens with zero attached hydrogens (tertiary/aromatic N) is 6. The van der Waals surface area contributed by atoms with Crippen LogP contribution in [0.15, 0.2) is 60.8 Å². The van der Waals surface area contributed by atoms with Crippen molar-refractivity contribution in [2.24, 2.45) is 0 Å². The molecule has 5 heterocycles. The molecule has 0 radical (unpaired) electrons. The summed E-state index contributed by atoms with van der Waals surface area (Å²) in [6.07, 6.45) is 7.62. The Hall–Kier alpha value is -3.48. The van der Waals surface area contributed by atoms with Gasteiger partial charge in [0.2, 0.25) is 0 Å². The van der Waals surface area contributed by atoms with E-state index in [1.54, 1.807) is 12.1 Å². The molecule has 2 aliphatic rings. The molecule has 0 amide bonds. The van der Waals surface area contributed by atoms with Gasteiger partial charge in [0.25, 0.3) is 0 Å². The molecule has 0 bridgehead atoms. The molecule has 2 aliphatic heterocycles. The van der Waals surface area contributed by atoms with Crippen molar-refractivity contribution in [1.29, 1.82) is 0 Å². The number of fused-ring (bicyclic) bond motifs is 1. The zero-order chi connectivity index (χ0) is 22.2. The summed E-state index contributed by atoms with van der Waals surface area (Å²) in [4.78, 5) is 14.2. The van der Waals surface area contributed by atoms with E-state index in [1.807, 2.05) is 35.0 Å². The summed E-state index contributed by atoms with van der Waals surface area (Å²) in [5, 5.41) is 4.97. The van der Waals surface area contributed by atoms with E-state index in [1.165, 1.54) is 25.3 Å². The molecule has 0 aliphatic carbocycles. The number of anilines is 2. The molecule has 6 nitrogen and oxygen atoms in total. The largest absolute Gasteiger partial charge is 0.357 e. The van der Waals surface area contributed by atoms with E-state index in [9.17, 15) is 4.39 Å². The van der Waals surface area contributed by atoms with E-state index in [2.05, 4.69) is 26.9 Å². The van der Waals surface area contributed by atoms with Gasteiger partial charge in [0, 0.05) is 19.6 Å². The van der Waals surface area contributed by atoms with Gasteiger partial charge in [-0.05, 0) is 74.1 Å². The highest BCUT2D eigenvalue weighted by atomic mass is 19.1. The summed E-state index contributed by atoms with van der Waals surface area (Å²) in [5.74, 6) is 1.70. The molecular weight excluding hydrogens is 415 g/mol. The minimum absolute atomic E-state index is 0.123. The van der Waals surface area contributed by atoms with Crippen molar-refractivity contribution in [3.63, 3.8) is 0 Å². The van der Waals surface area contributed by atoms with Crippen LogP contribution in [0.25, 0.3) is 17.0 Å². The number of piperidine rings is 1. The van der Waals surface area contributed by atoms with Gasteiger partial charge >= 0.3 is 0 Å². The Morgan fingerprint density at radius 1 is 0.848 bits per heavy atom. The average molecular weight is 443 g/mol. The van der Waals surface area contributed by atoms with Gasteiger partial charge in [-0.2, -0.15) is 0 Å². The van der Waals surface area contributed by atoms with Crippen LogP contribution in [0.4, 0.5) is 16.0 Å². The first-order chi connectivity index (χ1) is 16.3. The quantitative estimate of drug-likeness (QED) is 0.431. The molecule has 2 saturated heterocycles. The minimum atomic E-state index is -0.195. The van der Waals surface area contributed by atoms with Crippen LogP contribution < -0.4 is 9.80 Å². The van der Waals surface area contributed by atoms with Crippen LogP contribution >= 0.6 is 0 Å². The number of halogens is 1. The van der Waals surface area contributed by atoms with Gasteiger partial charge in [0.05, 0.1) is 17.9 Å². The van der Waals surface area contributed by atoms with Gasteiger partial charge in [0.15, 0.2) is 5.65 Å². The van der Waals surface area contributed by atoms with E-state index in [4.69, 9.17) is 10.1 Å². The molecule has 1 aromatic carbocycles. The smallest absolute Gasteiger partial charge is 0.154 e. The van der Waals surface area contributed by atoms with Gasteiger partial charge in [-0.3, -0.25) is 0 Å². The third-order valence-corrected chi connectivity index (χ3v) is 6.81. The molecule has 4 aromatic rings. The topological polar surface area (TPSA) is 49.6 Å². The van der Waals surface area contributed by atoms with E-state index in [0.29, 0.717) is 0 Å². The second-order valence-electron chi connectivity index (χ2n) is 8.94. The molecule has 33 heavy (non-hydrogen) atoms. The van der Waals surface area contributed by atoms with Crippen LogP contribution in [0.5, 0.6) is 0 Å². The monoisotopic (exact) mass is 442 g/mol. The molecule has 3 aromatic heterocycles. The van der Waals surface area contributed by atoms with Crippen LogP contribution in [-0.2, 0) is 0 Å². The minimum Gasteiger partial charge on any atom is -0.357 e. The van der Waals surface area contributed by atoms with Gasteiger partial charge in [-0.15, -0.1) is 5.10 Å². The lowest BCUT2D eigenvalue weighted by atomic mass is 10.0. The van der Waals surface area contributed by atoms with E-state index >= 15 is 0 Å². The second-order valence-corrected chi connectivity index (χ2v) is 8.94. The average Bonchev–Trinajstić information content (AvgIpc) is 3.52. The third-order valence-electron chi connectivity index (χ3n) is 6.81. The fourth-order valence-electron chi connectivity index (χ4n) is 5.16. The zero-order valence-corrected chi connectivity index (χ0v) is 18.6. The van der Waals surface area contributed by atoms with Crippen LogP contribution in [0.2, 0.25) is 0 Å². The van der Waals surface area contributed by atoms with Crippen LogP contribution in [0.3, 0.4) is 0 Å². The van der Waals surface area contributed by atoms with Crippen molar-refractivity contribution in [2.75, 3.05) is 29.4 Å². The Morgan fingerprint density at radius 2 is 1.73 bits per heavy atom. The molecule has 2 fully saturated rings. The fourth-order valence-corrected chi connectivity index (χ4v) is 5.16. The first kappa shape index (κ1) is 20.1. The van der Waals surface area contributed by atoms with Gasteiger partial charge in [0.1, 0.15) is 23.1 Å².